The molecule has 5 nitrogen and oxygen atoms in total. The molecule has 0 unspecified atom stereocenters. The van der Waals surface area contributed by atoms with Gasteiger partial charge in [-0.25, -0.2) is 9.59 Å². The van der Waals surface area contributed by atoms with E-state index in [1.54, 1.807) is 0 Å². The first-order chi connectivity index (χ1) is 17.4. The lowest BCUT2D eigenvalue weighted by atomic mass is 9.55. The first kappa shape index (κ1) is 25.6. The molecular formula is C31H34O5. The molecule has 0 saturated heterocycles. The quantitative estimate of drug-likeness (QED) is 0.350. The van der Waals surface area contributed by atoms with Gasteiger partial charge in [0.1, 0.15) is 12.2 Å². The zero-order valence-corrected chi connectivity index (χ0v) is 20.7. The number of Topliss-reactive ketones (excluding diaryl/α,β-unsaturated/α-hetero) is 1. The van der Waals surface area contributed by atoms with Gasteiger partial charge >= 0.3 is 11.9 Å². The van der Waals surface area contributed by atoms with Crippen molar-refractivity contribution in [3.8, 4) is 0 Å². The molecule has 2 saturated carbocycles. The third-order valence-electron chi connectivity index (χ3n) is 7.99. The number of benzene rings is 2. The molecule has 5 heteroatoms. The van der Waals surface area contributed by atoms with E-state index in [0.717, 1.165) is 11.1 Å². The van der Waals surface area contributed by atoms with Crippen LogP contribution in [0.3, 0.4) is 0 Å². The van der Waals surface area contributed by atoms with Crippen LogP contribution in [-0.2, 0) is 34.7 Å². The Bertz CT molecular complexity index is 1000. The molecule has 2 aromatic carbocycles. The number of carbonyl (C=O) groups excluding carboxylic acids is 3. The molecule has 36 heavy (non-hydrogen) atoms. The fourth-order valence-corrected chi connectivity index (χ4v) is 6.09. The van der Waals surface area contributed by atoms with Crippen molar-refractivity contribution in [3.05, 3.63) is 97.1 Å². The summed E-state index contributed by atoms with van der Waals surface area (Å²) in [6, 6.07) is 20.0. The van der Waals surface area contributed by atoms with E-state index in [1.165, 1.54) is 12.2 Å². The Morgan fingerprint density at radius 3 is 1.28 bits per heavy atom. The molecule has 0 amide bonds. The maximum Gasteiger partial charge on any atom is 0.330 e. The van der Waals surface area contributed by atoms with Crippen LogP contribution in [0.5, 0.6) is 0 Å². The molecule has 0 aromatic heterocycles. The van der Waals surface area contributed by atoms with Gasteiger partial charge in [0.25, 0.3) is 0 Å². The van der Waals surface area contributed by atoms with Gasteiger partial charge in [0.15, 0.2) is 5.78 Å². The zero-order valence-electron chi connectivity index (χ0n) is 20.7. The minimum absolute atomic E-state index is 0.217. The number of ether oxygens (including phenoxy) is 2. The summed E-state index contributed by atoms with van der Waals surface area (Å²) in [7, 11) is 0. The minimum Gasteiger partial charge on any atom is -0.459 e. The highest BCUT2D eigenvalue weighted by molar-refractivity contribution is 5.99. The van der Waals surface area contributed by atoms with Crippen LogP contribution in [0.25, 0.3) is 0 Å². The summed E-state index contributed by atoms with van der Waals surface area (Å²) in [5.74, 6) is -0.632. The average Bonchev–Trinajstić information content (AvgIpc) is 2.94. The normalized spacial score (nSPS) is 27.9. The van der Waals surface area contributed by atoms with Crippen molar-refractivity contribution >= 4 is 17.7 Å². The third kappa shape index (κ3) is 5.06. The monoisotopic (exact) mass is 486 g/mol. The van der Waals surface area contributed by atoms with Crippen molar-refractivity contribution in [1.82, 2.24) is 0 Å². The molecule has 0 atom stereocenters. The molecule has 0 aliphatic heterocycles. The van der Waals surface area contributed by atoms with Gasteiger partial charge in [0.2, 0.25) is 0 Å². The van der Waals surface area contributed by atoms with Gasteiger partial charge < -0.3 is 9.47 Å². The number of esters is 2. The van der Waals surface area contributed by atoms with Crippen LogP contribution in [0.2, 0.25) is 0 Å². The number of hydrogen-bond acceptors (Lipinski definition) is 5. The van der Waals surface area contributed by atoms with Crippen LogP contribution >= 0.6 is 0 Å². The summed E-state index contributed by atoms with van der Waals surface area (Å²) in [6.07, 6.45) is 6.82. The highest BCUT2D eigenvalue weighted by Crippen LogP contribution is 2.51. The van der Waals surface area contributed by atoms with Gasteiger partial charge in [-0.1, -0.05) is 73.8 Å². The lowest BCUT2D eigenvalue weighted by molar-refractivity contribution is -0.147. The molecule has 0 spiro atoms. The van der Waals surface area contributed by atoms with Crippen LogP contribution in [0.1, 0.15) is 62.5 Å². The number of hydrogen-bond donors (Lipinski definition) is 0. The van der Waals surface area contributed by atoms with Crippen molar-refractivity contribution in [2.75, 3.05) is 0 Å². The summed E-state index contributed by atoms with van der Waals surface area (Å²) in [4.78, 5) is 38.5. The van der Waals surface area contributed by atoms with Crippen molar-refractivity contribution in [3.63, 3.8) is 0 Å². The molecular weight excluding hydrogens is 452 g/mol. The van der Waals surface area contributed by atoms with Crippen molar-refractivity contribution in [1.29, 1.82) is 0 Å². The summed E-state index contributed by atoms with van der Waals surface area (Å²) in [5, 5.41) is 0. The summed E-state index contributed by atoms with van der Waals surface area (Å²) in [6.45, 7) is 7.00. The standard InChI is InChI=1S/C31H34O5/c1-3-27(32)35-25-15-19-30(20-16-25,23-11-7-5-8-12-23)29(34)31(24-13-9-6-10-14-24)21-17-26(18-22-31)36-28(33)4-2/h3-14,25-26H,1-2,15-22H2. The molecule has 2 fully saturated rings. The Morgan fingerprint density at radius 2 is 0.972 bits per heavy atom. The summed E-state index contributed by atoms with van der Waals surface area (Å²) < 4.78 is 11.1. The Morgan fingerprint density at radius 1 is 0.639 bits per heavy atom. The van der Waals surface area contributed by atoms with Crippen LogP contribution in [0, 0.1) is 0 Å². The van der Waals surface area contributed by atoms with E-state index < -0.39 is 22.8 Å². The summed E-state index contributed by atoms with van der Waals surface area (Å²) >= 11 is 0. The molecule has 4 rings (SSSR count). The molecule has 2 aromatic rings. The first-order valence-electron chi connectivity index (χ1n) is 12.8. The molecule has 0 N–H and O–H groups in total. The van der Waals surface area contributed by atoms with Gasteiger partial charge in [-0.2, -0.15) is 0 Å². The van der Waals surface area contributed by atoms with E-state index in [-0.39, 0.29) is 18.0 Å². The van der Waals surface area contributed by atoms with E-state index in [0.29, 0.717) is 51.4 Å². The molecule has 0 radical (unpaired) electrons. The van der Waals surface area contributed by atoms with E-state index in [1.807, 2.05) is 60.7 Å². The SMILES string of the molecule is C=CC(=O)OC1CCC(C(=O)C2(c3ccccc3)CCC(OC(=O)C=C)CC2)(c2ccccc2)CC1. The fraction of sp³-hybridized carbons (Fsp3) is 0.387. The minimum atomic E-state index is -0.682. The van der Waals surface area contributed by atoms with Crippen LogP contribution in [0.4, 0.5) is 0 Å². The molecule has 0 bridgehead atoms. The molecule has 2 aliphatic carbocycles. The maximum atomic E-state index is 14.9. The van der Waals surface area contributed by atoms with Gasteiger partial charge in [-0.15, -0.1) is 0 Å². The number of rotatable bonds is 8. The van der Waals surface area contributed by atoms with Gasteiger partial charge in [0, 0.05) is 12.2 Å². The Hall–Kier alpha value is -3.47. The predicted molar refractivity (Wildman–Crippen MR) is 138 cm³/mol. The number of carbonyl (C=O) groups is 3. The van der Waals surface area contributed by atoms with Crippen LogP contribution in [0.15, 0.2) is 86.0 Å². The molecule has 0 heterocycles. The number of ketones is 1. The first-order valence-corrected chi connectivity index (χ1v) is 12.8. The average molecular weight is 487 g/mol. The Kier molecular flexibility index (Phi) is 7.88. The van der Waals surface area contributed by atoms with E-state index >= 15 is 0 Å². The van der Waals surface area contributed by atoms with Gasteiger partial charge in [0.05, 0.1) is 10.8 Å². The lowest BCUT2D eigenvalue weighted by Crippen LogP contribution is -2.53. The van der Waals surface area contributed by atoms with Crippen molar-refractivity contribution < 1.29 is 23.9 Å². The molecule has 188 valence electrons. The van der Waals surface area contributed by atoms with Gasteiger partial charge in [-0.3, -0.25) is 4.79 Å². The zero-order chi connectivity index (χ0) is 25.6. The largest absolute Gasteiger partial charge is 0.459 e. The highest BCUT2D eigenvalue weighted by atomic mass is 16.5. The third-order valence-corrected chi connectivity index (χ3v) is 7.99. The fourth-order valence-electron chi connectivity index (χ4n) is 6.09. The van der Waals surface area contributed by atoms with Gasteiger partial charge in [-0.05, 0) is 62.5 Å². The van der Waals surface area contributed by atoms with E-state index in [4.69, 9.17) is 9.47 Å². The van der Waals surface area contributed by atoms with Crippen LogP contribution < -0.4 is 0 Å². The Labute approximate surface area is 213 Å². The second kappa shape index (κ2) is 11.1. The maximum absolute atomic E-state index is 14.9. The van der Waals surface area contributed by atoms with Crippen LogP contribution in [-0.4, -0.2) is 29.9 Å². The molecule has 2 aliphatic rings. The second-order valence-electron chi connectivity index (χ2n) is 9.91. The second-order valence-corrected chi connectivity index (χ2v) is 9.91. The summed E-state index contributed by atoms with van der Waals surface area (Å²) in [5.41, 5.74) is 0.662. The topological polar surface area (TPSA) is 69.7 Å². The highest BCUT2D eigenvalue weighted by Gasteiger charge is 2.54. The van der Waals surface area contributed by atoms with Crippen molar-refractivity contribution in [2.24, 2.45) is 0 Å². The smallest absolute Gasteiger partial charge is 0.330 e. The predicted octanol–water partition coefficient (Wildman–Crippen LogP) is 5.78. The van der Waals surface area contributed by atoms with Crippen molar-refractivity contribution in [2.45, 2.75) is 74.4 Å². The lowest BCUT2D eigenvalue weighted by Gasteiger charge is -2.48. The van der Waals surface area contributed by atoms with E-state index in [2.05, 4.69) is 13.2 Å². The Balaban J connectivity index is 1.69. The van der Waals surface area contributed by atoms with E-state index in [9.17, 15) is 14.4 Å².